The molecule has 3 nitrogen and oxygen atoms in total. The molecule has 88 valence electrons. The number of aryl methyl sites for hydroxylation is 2. The van der Waals surface area contributed by atoms with Crippen molar-refractivity contribution in [3.63, 3.8) is 0 Å². The second-order valence-electron chi connectivity index (χ2n) is 3.54. The maximum Gasteiger partial charge on any atom is 0.0863 e. The summed E-state index contributed by atoms with van der Waals surface area (Å²) in [5.41, 5.74) is 2.01. The average Bonchev–Trinajstić information content (AvgIpc) is 2.55. The van der Waals surface area contributed by atoms with Gasteiger partial charge in [-0.2, -0.15) is 5.10 Å². The zero-order chi connectivity index (χ0) is 12.0. The summed E-state index contributed by atoms with van der Waals surface area (Å²) < 4.78 is 1.85. The molecule has 1 rings (SSSR count). The number of nitrogens with one attached hydrogen (secondary N) is 1. The lowest BCUT2D eigenvalue weighted by Crippen LogP contribution is -2.16. The average molecular weight is 240 g/mol. The van der Waals surface area contributed by atoms with Gasteiger partial charge < -0.3 is 5.32 Å². The molecule has 0 aliphatic carbocycles. The predicted molar refractivity (Wildman–Crippen MR) is 67.4 cm³/mol. The molecule has 0 saturated heterocycles. The van der Waals surface area contributed by atoms with Gasteiger partial charge in [-0.25, -0.2) is 0 Å². The topological polar surface area (TPSA) is 29.9 Å². The van der Waals surface area contributed by atoms with E-state index in [9.17, 15) is 0 Å². The standard InChI is InChI=1S/C12H18ClN3/c1-4-6-7-8-14-9-11-12(13)10(5-2)15-16(11)3/h14H,5,7-9H2,1-3H3. The van der Waals surface area contributed by atoms with E-state index in [0.29, 0.717) is 0 Å². The van der Waals surface area contributed by atoms with Gasteiger partial charge in [-0.1, -0.05) is 18.5 Å². The Hall–Kier alpha value is -0.980. The van der Waals surface area contributed by atoms with E-state index < -0.39 is 0 Å². The summed E-state index contributed by atoms with van der Waals surface area (Å²) in [4.78, 5) is 0. The maximum atomic E-state index is 6.22. The van der Waals surface area contributed by atoms with E-state index in [1.807, 2.05) is 18.7 Å². The Balaban J connectivity index is 2.52. The van der Waals surface area contributed by atoms with E-state index in [-0.39, 0.29) is 0 Å². The SMILES string of the molecule is CC#CCCNCc1c(Cl)c(CC)nn1C. The van der Waals surface area contributed by atoms with Crippen LogP contribution in [-0.4, -0.2) is 16.3 Å². The fourth-order valence-electron chi connectivity index (χ4n) is 1.49. The number of halogens is 1. The van der Waals surface area contributed by atoms with Crippen molar-refractivity contribution < 1.29 is 0 Å². The van der Waals surface area contributed by atoms with Crippen LogP contribution in [0, 0.1) is 11.8 Å². The zero-order valence-corrected chi connectivity index (χ0v) is 10.9. The van der Waals surface area contributed by atoms with Crippen molar-refractivity contribution in [3.8, 4) is 11.8 Å². The molecule has 0 unspecified atom stereocenters. The van der Waals surface area contributed by atoms with E-state index in [0.717, 1.165) is 42.3 Å². The summed E-state index contributed by atoms with van der Waals surface area (Å²) in [6.45, 7) is 5.53. The van der Waals surface area contributed by atoms with Gasteiger partial charge in [0.15, 0.2) is 0 Å². The second-order valence-corrected chi connectivity index (χ2v) is 3.92. The van der Waals surface area contributed by atoms with Crippen molar-refractivity contribution in [1.82, 2.24) is 15.1 Å². The summed E-state index contributed by atoms with van der Waals surface area (Å²) in [6, 6.07) is 0. The maximum absolute atomic E-state index is 6.22. The predicted octanol–water partition coefficient (Wildman–Crippen LogP) is 2.14. The molecule has 0 aliphatic rings. The van der Waals surface area contributed by atoms with Gasteiger partial charge in [0.2, 0.25) is 0 Å². The molecule has 0 amide bonds. The lowest BCUT2D eigenvalue weighted by Gasteiger charge is -2.03. The molecule has 0 aliphatic heterocycles. The summed E-state index contributed by atoms with van der Waals surface area (Å²) in [7, 11) is 1.92. The molecule has 1 aromatic rings. The van der Waals surface area contributed by atoms with E-state index in [1.54, 1.807) is 0 Å². The molecule has 0 saturated carbocycles. The highest BCUT2D eigenvalue weighted by Crippen LogP contribution is 2.20. The van der Waals surface area contributed by atoms with Gasteiger partial charge in [-0.05, 0) is 13.3 Å². The number of hydrogen-bond donors (Lipinski definition) is 1. The van der Waals surface area contributed by atoms with Gasteiger partial charge in [0, 0.05) is 26.6 Å². The van der Waals surface area contributed by atoms with Crippen LogP contribution in [0.1, 0.15) is 31.7 Å². The third kappa shape index (κ3) is 3.26. The number of rotatable bonds is 5. The minimum atomic E-state index is 0.744. The summed E-state index contributed by atoms with van der Waals surface area (Å²) >= 11 is 6.22. The van der Waals surface area contributed by atoms with Gasteiger partial charge in [0.1, 0.15) is 0 Å². The monoisotopic (exact) mass is 239 g/mol. The molecule has 0 radical (unpaired) electrons. The molecule has 0 bridgehead atoms. The molecule has 4 heteroatoms. The molecule has 1 N–H and O–H groups in total. The molecule has 1 aromatic heterocycles. The van der Waals surface area contributed by atoms with Crippen molar-refractivity contribution in [2.75, 3.05) is 6.54 Å². The van der Waals surface area contributed by atoms with Crippen molar-refractivity contribution >= 4 is 11.6 Å². The molecule has 0 atom stereocenters. The highest BCUT2D eigenvalue weighted by molar-refractivity contribution is 6.31. The number of aromatic nitrogens is 2. The Morgan fingerprint density at radius 2 is 2.25 bits per heavy atom. The normalized spacial score (nSPS) is 10.0. The summed E-state index contributed by atoms with van der Waals surface area (Å²) in [6.07, 6.45) is 1.74. The van der Waals surface area contributed by atoms with Crippen LogP contribution in [0.4, 0.5) is 0 Å². The van der Waals surface area contributed by atoms with Crippen LogP contribution in [-0.2, 0) is 20.0 Å². The molecule has 16 heavy (non-hydrogen) atoms. The second kappa shape index (κ2) is 6.57. The van der Waals surface area contributed by atoms with Gasteiger partial charge in [0.05, 0.1) is 16.4 Å². The van der Waals surface area contributed by atoms with Crippen LogP contribution in [0.25, 0.3) is 0 Å². The van der Waals surface area contributed by atoms with E-state index in [2.05, 4.69) is 29.2 Å². The highest BCUT2D eigenvalue weighted by atomic mass is 35.5. The first kappa shape index (κ1) is 13.1. The number of hydrogen-bond acceptors (Lipinski definition) is 2. The molecule has 1 heterocycles. The quantitative estimate of drug-likeness (QED) is 0.630. The largest absolute Gasteiger partial charge is 0.310 e. The van der Waals surface area contributed by atoms with Gasteiger partial charge in [-0.15, -0.1) is 11.8 Å². The van der Waals surface area contributed by atoms with Crippen molar-refractivity contribution in [2.24, 2.45) is 7.05 Å². The lowest BCUT2D eigenvalue weighted by atomic mass is 10.3. The van der Waals surface area contributed by atoms with Crippen molar-refractivity contribution in [2.45, 2.75) is 33.2 Å². The Bertz CT molecular complexity index is 398. The molecular weight excluding hydrogens is 222 g/mol. The minimum absolute atomic E-state index is 0.744. The van der Waals surface area contributed by atoms with Crippen LogP contribution in [0.5, 0.6) is 0 Å². The smallest absolute Gasteiger partial charge is 0.0863 e. The van der Waals surface area contributed by atoms with Crippen molar-refractivity contribution in [1.29, 1.82) is 0 Å². The van der Waals surface area contributed by atoms with E-state index in [1.165, 1.54) is 0 Å². The Labute approximate surface area is 102 Å². The molecule has 0 fully saturated rings. The van der Waals surface area contributed by atoms with Crippen LogP contribution in [0.2, 0.25) is 5.02 Å². The zero-order valence-electron chi connectivity index (χ0n) is 10.1. The fourth-order valence-corrected chi connectivity index (χ4v) is 1.86. The first-order chi connectivity index (χ1) is 7.70. The Morgan fingerprint density at radius 3 is 2.81 bits per heavy atom. The van der Waals surface area contributed by atoms with Gasteiger partial charge >= 0.3 is 0 Å². The van der Waals surface area contributed by atoms with E-state index >= 15 is 0 Å². The van der Waals surface area contributed by atoms with E-state index in [4.69, 9.17) is 11.6 Å². The Kier molecular flexibility index (Phi) is 5.37. The molecular formula is C12H18ClN3. The minimum Gasteiger partial charge on any atom is -0.310 e. The summed E-state index contributed by atoms with van der Waals surface area (Å²) in [5, 5.41) is 8.46. The highest BCUT2D eigenvalue weighted by Gasteiger charge is 2.11. The molecule has 0 aromatic carbocycles. The summed E-state index contributed by atoms with van der Waals surface area (Å²) in [5.74, 6) is 5.88. The third-order valence-electron chi connectivity index (χ3n) is 2.40. The third-order valence-corrected chi connectivity index (χ3v) is 2.84. The Morgan fingerprint density at radius 1 is 1.50 bits per heavy atom. The first-order valence-electron chi connectivity index (χ1n) is 5.51. The van der Waals surface area contributed by atoms with Crippen LogP contribution in [0.3, 0.4) is 0 Å². The van der Waals surface area contributed by atoms with Crippen molar-refractivity contribution in [3.05, 3.63) is 16.4 Å². The van der Waals surface area contributed by atoms with Gasteiger partial charge in [0.25, 0.3) is 0 Å². The number of nitrogens with zero attached hydrogens (tertiary/aromatic N) is 2. The first-order valence-corrected chi connectivity index (χ1v) is 5.89. The van der Waals surface area contributed by atoms with Crippen LogP contribution < -0.4 is 5.32 Å². The van der Waals surface area contributed by atoms with Crippen LogP contribution >= 0.6 is 11.6 Å². The van der Waals surface area contributed by atoms with Crippen LogP contribution in [0.15, 0.2) is 0 Å². The fraction of sp³-hybridized carbons (Fsp3) is 0.583. The van der Waals surface area contributed by atoms with Gasteiger partial charge in [-0.3, -0.25) is 4.68 Å². The lowest BCUT2D eigenvalue weighted by molar-refractivity contribution is 0.629. The molecule has 0 spiro atoms.